The van der Waals surface area contributed by atoms with Gasteiger partial charge in [-0.2, -0.15) is 13.2 Å². The Hall–Kier alpha value is -1.78. The van der Waals surface area contributed by atoms with Crippen molar-refractivity contribution in [3.8, 4) is 0 Å². The fraction of sp³-hybridized carbons (Fsp3) is 0.182. The third-order valence-electron chi connectivity index (χ3n) is 2.23. The van der Waals surface area contributed by atoms with Crippen LogP contribution in [0.15, 0.2) is 41.3 Å². The summed E-state index contributed by atoms with van der Waals surface area (Å²) in [6, 6.07) is 7.40. The fourth-order valence-electron chi connectivity index (χ4n) is 1.59. The maximum atomic E-state index is 12.3. The number of hydrogen-bond donors (Lipinski definition) is 0. The molecule has 84 valence electrons. The van der Waals surface area contributed by atoms with Gasteiger partial charge in [-0.1, -0.05) is 12.1 Å². The summed E-state index contributed by atoms with van der Waals surface area (Å²) in [6.07, 6.45) is -3.13. The number of pyridine rings is 1. The van der Waals surface area contributed by atoms with E-state index >= 15 is 0 Å². The van der Waals surface area contributed by atoms with Gasteiger partial charge in [-0.15, -0.1) is 0 Å². The quantitative estimate of drug-likeness (QED) is 0.733. The molecular formula is C11H8F3NO. The van der Waals surface area contributed by atoms with Crippen LogP contribution in [0, 0.1) is 0 Å². The molecule has 0 aliphatic heterocycles. The molecule has 0 N–H and O–H groups in total. The van der Waals surface area contributed by atoms with E-state index < -0.39 is 12.7 Å². The second-order valence-corrected chi connectivity index (χ2v) is 3.44. The molecule has 5 heteroatoms. The molecule has 0 bridgehead atoms. The first-order chi connectivity index (χ1) is 7.47. The lowest BCUT2D eigenvalue weighted by Crippen LogP contribution is -2.19. The van der Waals surface area contributed by atoms with Crippen molar-refractivity contribution in [2.45, 2.75) is 12.7 Å². The zero-order valence-corrected chi connectivity index (χ0v) is 8.16. The molecule has 1 aromatic carbocycles. The molecule has 0 radical (unpaired) electrons. The first-order valence-electron chi connectivity index (χ1n) is 4.62. The maximum Gasteiger partial charge on any atom is 0.406 e. The van der Waals surface area contributed by atoms with Crippen LogP contribution in [0.1, 0.15) is 0 Å². The van der Waals surface area contributed by atoms with Gasteiger partial charge in [0.1, 0.15) is 6.54 Å². The number of rotatable bonds is 1. The Bertz CT molecular complexity index is 571. The third kappa shape index (κ3) is 2.08. The standard InChI is InChI=1S/C11H8F3NO/c12-11(13,14)7-15-6-5-10(16)8-3-1-2-4-9(8)15/h1-6H,7H2. The molecule has 0 amide bonds. The number of halogens is 3. The van der Waals surface area contributed by atoms with Gasteiger partial charge in [0.15, 0.2) is 5.43 Å². The van der Waals surface area contributed by atoms with Gasteiger partial charge in [0, 0.05) is 17.6 Å². The van der Waals surface area contributed by atoms with Crippen molar-refractivity contribution < 1.29 is 13.2 Å². The molecular weight excluding hydrogens is 219 g/mol. The molecule has 0 saturated carbocycles. The lowest BCUT2D eigenvalue weighted by Gasteiger charge is -2.12. The van der Waals surface area contributed by atoms with Gasteiger partial charge in [0.2, 0.25) is 0 Å². The monoisotopic (exact) mass is 227 g/mol. The highest BCUT2D eigenvalue weighted by atomic mass is 19.4. The van der Waals surface area contributed by atoms with Crippen LogP contribution >= 0.6 is 0 Å². The molecule has 0 atom stereocenters. The normalized spacial score (nSPS) is 11.9. The van der Waals surface area contributed by atoms with Crippen molar-refractivity contribution in [1.29, 1.82) is 0 Å². The predicted octanol–water partition coefficient (Wildman–Crippen LogP) is 2.56. The van der Waals surface area contributed by atoms with Crippen molar-refractivity contribution in [2.75, 3.05) is 0 Å². The number of nitrogens with zero attached hydrogens (tertiary/aromatic N) is 1. The van der Waals surface area contributed by atoms with E-state index in [1.165, 1.54) is 12.1 Å². The van der Waals surface area contributed by atoms with Crippen LogP contribution in [0.25, 0.3) is 10.9 Å². The SMILES string of the molecule is O=c1ccn(CC(F)(F)F)c2ccccc12. The molecule has 0 fully saturated rings. The zero-order chi connectivity index (χ0) is 11.8. The van der Waals surface area contributed by atoms with Crippen LogP contribution in [0.2, 0.25) is 0 Å². The van der Waals surface area contributed by atoms with Crippen molar-refractivity contribution in [1.82, 2.24) is 4.57 Å². The Balaban J connectivity index is 2.64. The van der Waals surface area contributed by atoms with Crippen molar-refractivity contribution in [3.05, 3.63) is 46.8 Å². The summed E-state index contributed by atoms with van der Waals surface area (Å²) in [5.74, 6) is 0. The van der Waals surface area contributed by atoms with E-state index in [-0.39, 0.29) is 5.43 Å². The second-order valence-electron chi connectivity index (χ2n) is 3.44. The molecule has 16 heavy (non-hydrogen) atoms. The molecule has 0 unspecified atom stereocenters. The highest BCUT2D eigenvalue weighted by molar-refractivity contribution is 5.78. The van der Waals surface area contributed by atoms with Gasteiger partial charge in [-0.25, -0.2) is 0 Å². The minimum atomic E-state index is -4.29. The van der Waals surface area contributed by atoms with Crippen molar-refractivity contribution in [2.24, 2.45) is 0 Å². The van der Waals surface area contributed by atoms with Crippen LogP contribution in [0.5, 0.6) is 0 Å². The summed E-state index contributed by atoms with van der Waals surface area (Å²) >= 11 is 0. The Morgan fingerprint density at radius 3 is 2.50 bits per heavy atom. The van der Waals surface area contributed by atoms with Gasteiger partial charge in [0.05, 0.1) is 5.52 Å². The average Bonchev–Trinajstić information content (AvgIpc) is 2.21. The van der Waals surface area contributed by atoms with Crippen LogP contribution in [0.4, 0.5) is 13.2 Å². The average molecular weight is 227 g/mol. The molecule has 0 spiro atoms. The van der Waals surface area contributed by atoms with Crippen LogP contribution < -0.4 is 5.43 Å². The minimum Gasteiger partial charge on any atom is -0.338 e. The van der Waals surface area contributed by atoms with E-state index in [0.717, 1.165) is 16.8 Å². The van der Waals surface area contributed by atoms with Crippen LogP contribution in [0.3, 0.4) is 0 Å². The van der Waals surface area contributed by atoms with E-state index in [9.17, 15) is 18.0 Å². The van der Waals surface area contributed by atoms with Gasteiger partial charge >= 0.3 is 6.18 Å². The maximum absolute atomic E-state index is 12.3. The lowest BCUT2D eigenvalue weighted by atomic mass is 10.2. The second kappa shape index (κ2) is 3.66. The highest BCUT2D eigenvalue weighted by Gasteiger charge is 2.28. The first-order valence-corrected chi connectivity index (χ1v) is 4.62. The number of para-hydroxylation sites is 1. The van der Waals surface area contributed by atoms with Gasteiger partial charge < -0.3 is 4.57 Å². The van der Waals surface area contributed by atoms with E-state index in [1.54, 1.807) is 12.1 Å². The Labute approximate surface area is 88.9 Å². The first kappa shape index (κ1) is 10.7. The van der Waals surface area contributed by atoms with Gasteiger partial charge in [0.25, 0.3) is 0 Å². The Kier molecular flexibility index (Phi) is 2.46. The highest BCUT2D eigenvalue weighted by Crippen LogP contribution is 2.19. The number of hydrogen-bond acceptors (Lipinski definition) is 1. The summed E-state index contributed by atoms with van der Waals surface area (Å²) in [5.41, 5.74) is 0.0290. The van der Waals surface area contributed by atoms with Crippen molar-refractivity contribution in [3.63, 3.8) is 0 Å². The summed E-state index contributed by atoms with van der Waals surface area (Å²) < 4.78 is 37.8. The molecule has 1 heterocycles. The molecule has 2 aromatic rings. The summed E-state index contributed by atoms with van der Waals surface area (Å²) in [5, 5.41) is 0.300. The van der Waals surface area contributed by atoms with Crippen molar-refractivity contribution >= 4 is 10.9 Å². The van der Waals surface area contributed by atoms with Crippen LogP contribution in [-0.2, 0) is 6.54 Å². The summed E-state index contributed by atoms with van der Waals surface area (Å²) in [7, 11) is 0. The smallest absolute Gasteiger partial charge is 0.338 e. The fourth-order valence-corrected chi connectivity index (χ4v) is 1.59. The topological polar surface area (TPSA) is 22.0 Å². The third-order valence-corrected chi connectivity index (χ3v) is 2.23. The molecule has 0 aliphatic carbocycles. The molecule has 0 aliphatic rings. The summed E-state index contributed by atoms with van der Waals surface area (Å²) in [4.78, 5) is 11.4. The van der Waals surface area contributed by atoms with E-state index in [0.29, 0.717) is 10.9 Å². The molecule has 0 saturated heterocycles. The largest absolute Gasteiger partial charge is 0.406 e. The number of fused-ring (bicyclic) bond motifs is 1. The summed E-state index contributed by atoms with van der Waals surface area (Å²) in [6.45, 7) is -1.09. The van der Waals surface area contributed by atoms with E-state index in [2.05, 4.69) is 0 Å². The minimum absolute atomic E-state index is 0.269. The lowest BCUT2D eigenvalue weighted by molar-refractivity contribution is -0.139. The number of aromatic nitrogens is 1. The van der Waals surface area contributed by atoms with E-state index in [4.69, 9.17) is 0 Å². The Morgan fingerprint density at radius 2 is 1.81 bits per heavy atom. The zero-order valence-electron chi connectivity index (χ0n) is 8.16. The van der Waals surface area contributed by atoms with Gasteiger partial charge in [-0.3, -0.25) is 4.79 Å². The van der Waals surface area contributed by atoms with Gasteiger partial charge in [-0.05, 0) is 12.1 Å². The Morgan fingerprint density at radius 1 is 1.12 bits per heavy atom. The molecule has 2 nitrogen and oxygen atoms in total. The van der Waals surface area contributed by atoms with Crippen LogP contribution in [-0.4, -0.2) is 10.7 Å². The molecule has 1 aromatic heterocycles. The number of alkyl halides is 3. The molecule has 2 rings (SSSR count). The predicted molar refractivity (Wildman–Crippen MR) is 54.3 cm³/mol. The van der Waals surface area contributed by atoms with E-state index in [1.807, 2.05) is 0 Å². The number of benzene rings is 1.